The van der Waals surface area contributed by atoms with E-state index < -0.39 is 30.0 Å². The molecule has 0 saturated carbocycles. The van der Waals surface area contributed by atoms with Crippen LogP contribution in [0.2, 0.25) is 0 Å². The predicted octanol–water partition coefficient (Wildman–Crippen LogP) is 1.22. The summed E-state index contributed by atoms with van der Waals surface area (Å²) >= 11 is 0. The molecule has 2 aromatic rings. The summed E-state index contributed by atoms with van der Waals surface area (Å²) in [7, 11) is 0. The second-order valence-corrected chi connectivity index (χ2v) is 6.85. The maximum atomic E-state index is 12.3. The molecule has 10 nitrogen and oxygen atoms in total. The molecule has 0 radical (unpaired) electrons. The first-order valence-electron chi connectivity index (χ1n) is 9.70. The van der Waals surface area contributed by atoms with E-state index in [1.54, 1.807) is 4.90 Å². The van der Waals surface area contributed by atoms with E-state index in [1.165, 1.54) is 18.2 Å². The number of carbonyl (C=O) groups is 3. The Morgan fingerprint density at radius 3 is 2.39 bits per heavy atom. The molecule has 2 amide bonds. The monoisotopic (exact) mass is 426 g/mol. The lowest BCUT2D eigenvalue weighted by Crippen LogP contribution is -2.50. The maximum absolute atomic E-state index is 12.3. The molecule has 162 valence electrons. The van der Waals surface area contributed by atoms with Crippen molar-refractivity contribution in [3.05, 3.63) is 70.3 Å². The molecule has 0 unspecified atom stereocenters. The van der Waals surface area contributed by atoms with Crippen molar-refractivity contribution in [3.63, 3.8) is 0 Å². The van der Waals surface area contributed by atoms with Gasteiger partial charge in [0, 0.05) is 49.6 Å². The Morgan fingerprint density at radius 1 is 1.00 bits per heavy atom. The summed E-state index contributed by atoms with van der Waals surface area (Å²) in [6.07, 6.45) is 0. The van der Waals surface area contributed by atoms with Crippen LogP contribution in [0.1, 0.15) is 10.4 Å². The first-order chi connectivity index (χ1) is 14.9. The molecule has 0 atom stereocenters. The number of benzene rings is 2. The minimum absolute atomic E-state index is 0.0503. The lowest BCUT2D eigenvalue weighted by molar-refractivity contribution is -0.384. The van der Waals surface area contributed by atoms with Crippen molar-refractivity contribution in [3.8, 4) is 0 Å². The van der Waals surface area contributed by atoms with E-state index in [1.807, 2.05) is 30.3 Å². The third kappa shape index (κ3) is 6.01. The van der Waals surface area contributed by atoms with E-state index in [0.717, 1.165) is 11.8 Å². The largest absolute Gasteiger partial charge is 0.454 e. The second-order valence-electron chi connectivity index (χ2n) is 6.85. The number of rotatable bonds is 7. The van der Waals surface area contributed by atoms with Crippen molar-refractivity contribution < 1.29 is 24.0 Å². The van der Waals surface area contributed by atoms with Crippen LogP contribution in [0.15, 0.2) is 54.6 Å². The van der Waals surface area contributed by atoms with Crippen molar-refractivity contribution in [1.29, 1.82) is 0 Å². The van der Waals surface area contributed by atoms with Gasteiger partial charge in [0.2, 0.25) is 0 Å². The van der Waals surface area contributed by atoms with Crippen LogP contribution in [0.5, 0.6) is 0 Å². The molecule has 0 aliphatic carbocycles. The molecule has 0 bridgehead atoms. The summed E-state index contributed by atoms with van der Waals surface area (Å²) in [6.45, 7) is 1.56. The molecule has 1 aliphatic rings. The Kier molecular flexibility index (Phi) is 7.15. The highest BCUT2D eigenvalue weighted by molar-refractivity contribution is 5.96. The first-order valence-corrected chi connectivity index (χ1v) is 9.70. The molecule has 2 aromatic carbocycles. The number of esters is 1. The van der Waals surface area contributed by atoms with Gasteiger partial charge in [-0.1, -0.05) is 24.3 Å². The highest BCUT2D eigenvalue weighted by Crippen LogP contribution is 2.15. The summed E-state index contributed by atoms with van der Waals surface area (Å²) in [4.78, 5) is 50.1. The molecular formula is C21H22N4O6. The van der Waals surface area contributed by atoms with Crippen molar-refractivity contribution in [2.45, 2.75) is 0 Å². The van der Waals surface area contributed by atoms with Crippen LogP contribution in [0.25, 0.3) is 0 Å². The molecule has 3 rings (SSSR count). The molecule has 31 heavy (non-hydrogen) atoms. The normalized spacial score (nSPS) is 13.4. The number of nitrogens with one attached hydrogen (secondary N) is 1. The number of hydrogen-bond acceptors (Lipinski definition) is 7. The van der Waals surface area contributed by atoms with E-state index in [0.29, 0.717) is 26.2 Å². The van der Waals surface area contributed by atoms with Gasteiger partial charge in [-0.2, -0.15) is 0 Å². The SMILES string of the molecule is O=C(CNC(=O)c1cccc([N+](=O)[O-])c1)OCC(=O)N1CCN(c2ccccc2)CC1. The third-order valence-corrected chi connectivity index (χ3v) is 4.82. The van der Waals surface area contributed by atoms with E-state index >= 15 is 0 Å². The van der Waals surface area contributed by atoms with Gasteiger partial charge in [0.15, 0.2) is 6.61 Å². The van der Waals surface area contributed by atoms with Crippen molar-refractivity contribution in [1.82, 2.24) is 10.2 Å². The van der Waals surface area contributed by atoms with E-state index in [2.05, 4.69) is 10.2 Å². The zero-order valence-electron chi connectivity index (χ0n) is 16.7. The van der Waals surface area contributed by atoms with Gasteiger partial charge in [-0.05, 0) is 18.2 Å². The van der Waals surface area contributed by atoms with E-state index in [-0.39, 0.29) is 17.2 Å². The molecule has 1 fully saturated rings. The number of non-ortho nitro benzene ring substituents is 1. The zero-order valence-corrected chi connectivity index (χ0v) is 16.7. The molecule has 0 spiro atoms. The number of para-hydroxylation sites is 1. The van der Waals surface area contributed by atoms with Crippen LogP contribution in [0.4, 0.5) is 11.4 Å². The van der Waals surface area contributed by atoms with Gasteiger partial charge >= 0.3 is 5.97 Å². The summed E-state index contributed by atoms with van der Waals surface area (Å²) in [5.41, 5.74) is 0.920. The van der Waals surface area contributed by atoms with Gasteiger partial charge in [-0.25, -0.2) is 0 Å². The minimum atomic E-state index is -0.768. The highest BCUT2D eigenvalue weighted by atomic mass is 16.6. The zero-order chi connectivity index (χ0) is 22.2. The fourth-order valence-corrected chi connectivity index (χ4v) is 3.15. The Labute approximate surface area is 178 Å². The number of ether oxygens (including phenoxy) is 1. The summed E-state index contributed by atoms with van der Waals surface area (Å²) in [5.74, 6) is -1.72. The van der Waals surface area contributed by atoms with E-state index in [4.69, 9.17) is 4.74 Å². The number of nitro groups is 1. The maximum Gasteiger partial charge on any atom is 0.325 e. The molecule has 0 aromatic heterocycles. The van der Waals surface area contributed by atoms with E-state index in [9.17, 15) is 24.5 Å². The lowest BCUT2D eigenvalue weighted by atomic mass is 10.2. The fraction of sp³-hybridized carbons (Fsp3) is 0.286. The predicted molar refractivity (Wildman–Crippen MR) is 112 cm³/mol. The Bertz CT molecular complexity index is 957. The van der Waals surface area contributed by atoms with Crippen molar-refractivity contribution in [2.24, 2.45) is 0 Å². The highest BCUT2D eigenvalue weighted by Gasteiger charge is 2.22. The molecule has 1 aliphatic heterocycles. The van der Waals surface area contributed by atoms with Crippen LogP contribution in [0, 0.1) is 10.1 Å². The number of hydrogen-bond donors (Lipinski definition) is 1. The number of nitro benzene ring substituents is 1. The number of carbonyl (C=O) groups excluding carboxylic acids is 3. The standard InChI is InChI=1S/C21H22N4O6/c26-19(24-11-9-23(10-12-24)17-6-2-1-3-7-17)15-31-20(27)14-22-21(28)16-5-4-8-18(13-16)25(29)30/h1-8,13H,9-12,14-15H2,(H,22,28). The molecule has 1 saturated heterocycles. The summed E-state index contributed by atoms with van der Waals surface area (Å²) in [5, 5.41) is 13.1. The molecule has 1 N–H and O–H groups in total. The Balaban J connectivity index is 1.39. The van der Waals surface area contributed by atoms with Crippen molar-refractivity contribution in [2.75, 3.05) is 44.2 Å². The van der Waals surface area contributed by atoms with Gasteiger partial charge in [0.25, 0.3) is 17.5 Å². The number of anilines is 1. The Hall–Kier alpha value is -3.95. The third-order valence-electron chi connectivity index (χ3n) is 4.82. The quantitative estimate of drug-likeness (QED) is 0.401. The van der Waals surface area contributed by atoms with Gasteiger partial charge in [0.1, 0.15) is 6.54 Å². The van der Waals surface area contributed by atoms with Gasteiger partial charge < -0.3 is 19.9 Å². The topological polar surface area (TPSA) is 122 Å². The average molecular weight is 426 g/mol. The average Bonchev–Trinajstić information content (AvgIpc) is 2.81. The van der Waals surface area contributed by atoms with Crippen LogP contribution in [-0.4, -0.2) is 66.9 Å². The smallest absolute Gasteiger partial charge is 0.325 e. The molecule has 10 heteroatoms. The summed E-state index contributed by atoms with van der Waals surface area (Å²) in [6, 6.07) is 15.0. The summed E-state index contributed by atoms with van der Waals surface area (Å²) < 4.78 is 4.95. The lowest BCUT2D eigenvalue weighted by Gasteiger charge is -2.36. The fourth-order valence-electron chi connectivity index (χ4n) is 3.15. The molecular weight excluding hydrogens is 404 g/mol. The number of nitrogens with zero attached hydrogens (tertiary/aromatic N) is 3. The minimum Gasteiger partial charge on any atom is -0.454 e. The number of piperazine rings is 1. The van der Waals surface area contributed by atoms with Gasteiger partial charge in [0.05, 0.1) is 4.92 Å². The van der Waals surface area contributed by atoms with Crippen molar-refractivity contribution >= 4 is 29.2 Å². The van der Waals surface area contributed by atoms with Crippen LogP contribution < -0.4 is 10.2 Å². The molecule has 1 heterocycles. The van der Waals surface area contributed by atoms with Crippen LogP contribution in [-0.2, 0) is 14.3 Å². The van der Waals surface area contributed by atoms with Gasteiger partial charge in [-0.15, -0.1) is 0 Å². The van der Waals surface area contributed by atoms with Gasteiger partial charge in [-0.3, -0.25) is 24.5 Å². The van der Waals surface area contributed by atoms with Crippen LogP contribution in [0.3, 0.4) is 0 Å². The van der Waals surface area contributed by atoms with Crippen LogP contribution >= 0.6 is 0 Å². The second kappa shape index (κ2) is 10.2. The first kappa shape index (κ1) is 21.8. The Morgan fingerprint density at radius 2 is 1.71 bits per heavy atom. The number of amides is 2.